The minimum absolute atomic E-state index is 0.181. The number of carbonyl (C=O) groups excluding carboxylic acids is 1. The molecule has 1 unspecified atom stereocenters. The van der Waals surface area contributed by atoms with Gasteiger partial charge >= 0.3 is 0 Å². The summed E-state index contributed by atoms with van der Waals surface area (Å²) in [6.45, 7) is 0.484. The van der Waals surface area contributed by atoms with Gasteiger partial charge in [0.05, 0.1) is 5.70 Å². The highest BCUT2D eigenvalue weighted by Crippen LogP contribution is 2.54. The summed E-state index contributed by atoms with van der Waals surface area (Å²) in [5, 5.41) is 2.95. The van der Waals surface area contributed by atoms with Crippen molar-refractivity contribution in [3.63, 3.8) is 0 Å². The zero-order valence-corrected chi connectivity index (χ0v) is 14.6. The van der Waals surface area contributed by atoms with Gasteiger partial charge in [0.25, 0.3) is 5.91 Å². The van der Waals surface area contributed by atoms with E-state index in [4.69, 9.17) is 10.6 Å². The highest BCUT2D eigenvalue weighted by Gasteiger charge is 2.58. The Morgan fingerprint density at radius 2 is 1.80 bits per heavy atom. The van der Waals surface area contributed by atoms with Crippen LogP contribution in [0.5, 0.6) is 0 Å². The van der Waals surface area contributed by atoms with Crippen molar-refractivity contribution in [1.82, 2.24) is 10.8 Å². The molecular formula is C20H27N3O2. The van der Waals surface area contributed by atoms with Crippen LogP contribution in [-0.2, 0) is 16.2 Å². The van der Waals surface area contributed by atoms with Crippen LogP contribution in [-0.4, -0.2) is 11.5 Å². The summed E-state index contributed by atoms with van der Waals surface area (Å²) in [7, 11) is 0. The number of hydrogen-bond acceptors (Lipinski definition) is 4. The molecule has 1 aromatic carbocycles. The Balaban J connectivity index is 1.51. The molecule has 0 saturated heterocycles. The van der Waals surface area contributed by atoms with Crippen LogP contribution in [0, 0.1) is 11.8 Å². The van der Waals surface area contributed by atoms with Gasteiger partial charge in [-0.1, -0.05) is 49.6 Å². The maximum atomic E-state index is 12.7. The molecule has 4 N–H and O–H groups in total. The summed E-state index contributed by atoms with van der Waals surface area (Å²) >= 11 is 0. The molecular weight excluding hydrogens is 314 g/mol. The first-order valence-electron chi connectivity index (χ1n) is 9.48. The third-order valence-electron chi connectivity index (χ3n) is 5.93. The molecule has 0 spiro atoms. The summed E-state index contributed by atoms with van der Waals surface area (Å²) in [6.07, 6.45) is 8.29. The Morgan fingerprint density at radius 1 is 1.12 bits per heavy atom. The van der Waals surface area contributed by atoms with E-state index < -0.39 is 5.60 Å². The molecule has 2 saturated carbocycles. The van der Waals surface area contributed by atoms with E-state index in [1.807, 2.05) is 30.3 Å². The van der Waals surface area contributed by atoms with Crippen molar-refractivity contribution in [3.8, 4) is 0 Å². The van der Waals surface area contributed by atoms with E-state index in [1.54, 1.807) is 0 Å². The third-order valence-corrected chi connectivity index (χ3v) is 5.93. The van der Waals surface area contributed by atoms with Crippen molar-refractivity contribution in [3.05, 3.63) is 47.3 Å². The van der Waals surface area contributed by atoms with Crippen molar-refractivity contribution >= 4 is 5.91 Å². The van der Waals surface area contributed by atoms with Crippen molar-refractivity contribution in [2.45, 2.75) is 57.1 Å². The van der Waals surface area contributed by atoms with Crippen LogP contribution < -0.4 is 16.5 Å². The molecule has 134 valence electrons. The SMILES string of the molecule is NC1=C(C(=O)NCc2ccccc2)NOC1(C1CCCCC1)C1CC1. The summed E-state index contributed by atoms with van der Waals surface area (Å²) in [5.74, 6) is 0.683. The number of hydrogen-bond donors (Lipinski definition) is 3. The maximum Gasteiger partial charge on any atom is 0.271 e. The smallest absolute Gasteiger partial charge is 0.271 e. The second-order valence-electron chi connectivity index (χ2n) is 7.56. The zero-order valence-electron chi connectivity index (χ0n) is 14.6. The lowest BCUT2D eigenvalue weighted by molar-refractivity contribution is -0.123. The molecule has 1 aliphatic heterocycles. The Labute approximate surface area is 149 Å². The first-order chi connectivity index (χ1) is 12.2. The molecule has 1 amide bonds. The Kier molecular flexibility index (Phi) is 4.42. The molecule has 25 heavy (non-hydrogen) atoms. The number of benzene rings is 1. The number of nitrogens with two attached hydrogens (primary N) is 1. The number of hydroxylamine groups is 1. The number of amides is 1. The van der Waals surface area contributed by atoms with Gasteiger partial charge < -0.3 is 11.1 Å². The number of rotatable bonds is 5. The lowest BCUT2D eigenvalue weighted by Crippen LogP contribution is -2.46. The fourth-order valence-corrected chi connectivity index (χ4v) is 4.46. The highest BCUT2D eigenvalue weighted by atomic mass is 16.7. The second kappa shape index (κ2) is 6.71. The molecule has 0 bridgehead atoms. The fraction of sp³-hybridized carbons (Fsp3) is 0.550. The van der Waals surface area contributed by atoms with E-state index in [2.05, 4.69) is 10.8 Å². The molecule has 4 rings (SSSR count). The molecule has 3 aliphatic rings. The summed E-state index contributed by atoms with van der Waals surface area (Å²) in [4.78, 5) is 18.7. The van der Waals surface area contributed by atoms with Crippen LogP contribution in [0.25, 0.3) is 0 Å². The van der Waals surface area contributed by atoms with Gasteiger partial charge in [0.1, 0.15) is 11.3 Å². The molecule has 5 nitrogen and oxygen atoms in total. The molecule has 1 aromatic rings. The largest absolute Gasteiger partial charge is 0.398 e. The van der Waals surface area contributed by atoms with Crippen LogP contribution in [0.4, 0.5) is 0 Å². The van der Waals surface area contributed by atoms with Gasteiger partial charge in [-0.2, -0.15) is 0 Å². The van der Waals surface area contributed by atoms with E-state index in [-0.39, 0.29) is 5.91 Å². The highest BCUT2D eigenvalue weighted by molar-refractivity contribution is 5.94. The van der Waals surface area contributed by atoms with Crippen LogP contribution >= 0.6 is 0 Å². The normalized spacial score (nSPS) is 27.2. The first-order valence-corrected chi connectivity index (χ1v) is 9.48. The predicted molar refractivity (Wildman–Crippen MR) is 95.8 cm³/mol. The molecule has 2 fully saturated rings. The molecule has 5 heteroatoms. The third kappa shape index (κ3) is 3.01. The van der Waals surface area contributed by atoms with Gasteiger partial charge in [-0.3, -0.25) is 15.1 Å². The van der Waals surface area contributed by atoms with Gasteiger partial charge in [0.15, 0.2) is 0 Å². The zero-order chi connectivity index (χ0) is 17.3. The second-order valence-corrected chi connectivity index (χ2v) is 7.56. The van der Waals surface area contributed by atoms with Crippen molar-refractivity contribution < 1.29 is 9.63 Å². The predicted octanol–water partition coefficient (Wildman–Crippen LogP) is 2.74. The Bertz CT molecular complexity index is 663. The monoisotopic (exact) mass is 341 g/mol. The van der Waals surface area contributed by atoms with Crippen LogP contribution in [0.2, 0.25) is 0 Å². The van der Waals surface area contributed by atoms with E-state index >= 15 is 0 Å². The number of carbonyl (C=O) groups is 1. The van der Waals surface area contributed by atoms with Crippen molar-refractivity contribution in [2.24, 2.45) is 17.6 Å². The minimum Gasteiger partial charge on any atom is -0.398 e. The van der Waals surface area contributed by atoms with Crippen molar-refractivity contribution in [1.29, 1.82) is 0 Å². The van der Waals surface area contributed by atoms with E-state index in [0.29, 0.717) is 29.8 Å². The van der Waals surface area contributed by atoms with Gasteiger partial charge in [0, 0.05) is 6.54 Å². The fourth-order valence-electron chi connectivity index (χ4n) is 4.46. The summed E-state index contributed by atoms with van der Waals surface area (Å²) in [5.41, 5.74) is 11.0. The standard InChI is InChI=1S/C20H27N3O2/c21-18-17(19(24)22-13-14-7-3-1-4-8-14)23-25-20(18,16-11-12-16)15-9-5-2-6-10-15/h1,3-4,7-8,15-16,23H,2,5-6,9-13,21H2,(H,22,24). The summed E-state index contributed by atoms with van der Waals surface area (Å²) < 4.78 is 0. The van der Waals surface area contributed by atoms with E-state index in [0.717, 1.165) is 31.2 Å². The molecule has 0 radical (unpaired) electrons. The average molecular weight is 341 g/mol. The van der Waals surface area contributed by atoms with Crippen LogP contribution in [0.15, 0.2) is 41.7 Å². The van der Waals surface area contributed by atoms with E-state index in [9.17, 15) is 4.79 Å². The minimum atomic E-state index is -0.472. The molecule has 1 atom stereocenters. The Hall–Kier alpha value is -2.01. The van der Waals surface area contributed by atoms with Gasteiger partial charge in [-0.15, -0.1) is 0 Å². The quantitative estimate of drug-likeness (QED) is 0.770. The van der Waals surface area contributed by atoms with Gasteiger partial charge in [-0.05, 0) is 43.1 Å². The lowest BCUT2D eigenvalue weighted by atomic mass is 9.72. The molecule has 1 heterocycles. The first kappa shape index (κ1) is 16.5. The van der Waals surface area contributed by atoms with Crippen LogP contribution in [0.1, 0.15) is 50.5 Å². The van der Waals surface area contributed by atoms with Gasteiger partial charge in [0.2, 0.25) is 0 Å². The molecule has 2 aliphatic carbocycles. The average Bonchev–Trinajstić information content (AvgIpc) is 3.45. The maximum absolute atomic E-state index is 12.7. The Morgan fingerprint density at radius 3 is 2.48 bits per heavy atom. The summed E-state index contributed by atoms with van der Waals surface area (Å²) in [6, 6.07) is 9.88. The van der Waals surface area contributed by atoms with Crippen LogP contribution in [0.3, 0.4) is 0 Å². The topological polar surface area (TPSA) is 76.4 Å². The van der Waals surface area contributed by atoms with Crippen molar-refractivity contribution in [2.75, 3.05) is 0 Å². The van der Waals surface area contributed by atoms with Gasteiger partial charge in [-0.25, -0.2) is 0 Å². The number of nitrogens with one attached hydrogen (secondary N) is 2. The van der Waals surface area contributed by atoms with E-state index in [1.165, 1.54) is 19.3 Å². The molecule has 0 aromatic heterocycles. The lowest BCUT2D eigenvalue weighted by Gasteiger charge is -2.38.